The van der Waals surface area contributed by atoms with E-state index in [1.165, 1.54) is 12.1 Å². The quantitative estimate of drug-likeness (QED) is 0.749. The van der Waals surface area contributed by atoms with Crippen LogP contribution >= 0.6 is 0 Å². The van der Waals surface area contributed by atoms with Crippen LogP contribution in [0.2, 0.25) is 0 Å². The van der Waals surface area contributed by atoms with Gasteiger partial charge in [0.15, 0.2) is 0 Å². The Bertz CT molecular complexity index is 700. The lowest BCUT2D eigenvalue weighted by Crippen LogP contribution is -2.35. The summed E-state index contributed by atoms with van der Waals surface area (Å²) in [6.07, 6.45) is 6.98. The third-order valence-corrected chi connectivity index (χ3v) is 4.86. The van der Waals surface area contributed by atoms with Crippen molar-refractivity contribution in [1.29, 1.82) is 0 Å². The largest absolute Gasteiger partial charge is 0.378 e. The molecule has 2 atom stereocenters. The number of benzene rings is 1. The van der Waals surface area contributed by atoms with Crippen molar-refractivity contribution in [2.24, 2.45) is 0 Å². The van der Waals surface area contributed by atoms with Gasteiger partial charge in [-0.3, -0.25) is 9.78 Å². The van der Waals surface area contributed by atoms with Crippen molar-refractivity contribution in [3.05, 3.63) is 65.7 Å². The number of rotatable bonds is 7. The van der Waals surface area contributed by atoms with Crippen LogP contribution in [0.1, 0.15) is 49.8 Å². The molecule has 1 aliphatic rings. The predicted octanol–water partition coefficient (Wildman–Crippen LogP) is 4.12. The normalized spacial score (nSPS) is 17.8. The molecule has 2 aromatic rings. The molecule has 1 aromatic carbocycles. The number of carbonyl (C=O) groups is 1. The van der Waals surface area contributed by atoms with Gasteiger partial charge in [0.2, 0.25) is 5.91 Å². The van der Waals surface area contributed by atoms with E-state index in [2.05, 4.69) is 4.98 Å². The van der Waals surface area contributed by atoms with Crippen LogP contribution in [0.4, 0.5) is 4.39 Å². The summed E-state index contributed by atoms with van der Waals surface area (Å²) < 4.78 is 19.0. The maximum atomic E-state index is 13.4. The number of nitrogens with zero attached hydrogens (tertiary/aromatic N) is 2. The van der Waals surface area contributed by atoms with E-state index in [-0.39, 0.29) is 23.9 Å². The number of hydrogen-bond donors (Lipinski definition) is 0. The zero-order valence-corrected chi connectivity index (χ0v) is 15.1. The van der Waals surface area contributed by atoms with E-state index in [1.54, 1.807) is 24.5 Å². The molecule has 1 aromatic heterocycles. The van der Waals surface area contributed by atoms with Crippen molar-refractivity contribution >= 4 is 5.91 Å². The first kappa shape index (κ1) is 18.5. The van der Waals surface area contributed by atoms with Crippen LogP contribution in [0.25, 0.3) is 0 Å². The zero-order valence-electron chi connectivity index (χ0n) is 15.1. The Morgan fingerprint density at radius 3 is 2.73 bits per heavy atom. The predicted molar refractivity (Wildman–Crippen MR) is 98.1 cm³/mol. The van der Waals surface area contributed by atoms with Gasteiger partial charge in [-0.05, 0) is 55.5 Å². The van der Waals surface area contributed by atoms with Crippen LogP contribution in [0.3, 0.4) is 0 Å². The summed E-state index contributed by atoms with van der Waals surface area (Å²) in [6.45, 7) is 3.34. The Morgan fingerprint density at radius 1 is 1.31 bits per heavy atom. The van der Waals surface area contributed by atoms with Crippen molar-refractivity contribution in [1.82, 2.24) is 9.88 Å². The lowest BCUT2D eigenvalue weighted by atomic mass is 9.97. The SMILES string of the molecule is CCN(C(=O)CC[C@@H]1CCCO1)C(c1ccc(F)cc1)c1cccnc1. The highest BCUT2D eigenvalue weighted by Gasteiger charge is 2.27. The number of ether oxygens (including phenoxy) is 1. The molecule has 1 amide bonds. The number of amides is 1. The summed E-state index contributed by atoms with van der Waals surface area (Å²) in [4.78, 5) is 19.0. The number of carbonyl (C=O) groups excluding carboxylic acids is 1. The highest BCUT2D eigenvalue weighted by molar-refractivity contribution is 5.77. The van der Waals surface area contributed by atoms with Gasteiger partial charge in [0.25, 0.3) is 0 Å². The van der Waals surface area contributed by atoms with E-state index >= 15 is 0 Å². The summed E-state index contributed by atoms with van der Waals surface area (Å²) in [6, 6.07) is 9.89. The van der Waals surface area contributed by atoms with Crippen LogP contribution in [0, 0.1) is 5.82 Å². The molecule has 0 aliphatic carbocycles. The highest BCUT2D eigenvalue weighted by atomic mass is 19.1. The minimum absolute atomic E-state index is 0.0844. The number of pyridine rings is 1. The number of halogens is 1. The molecule has 3 rings (SSSR count). The van der Waals surface area contributed by atoms with Gasteiger partial charge < -0.3 is 9.64 Å². The van der Waals surface area contributed by atoms with E-state index in [4.69, 9.17) is 4.74 Å². The second kappa shape index (κ2) is 8.90. The van der Waals surface area contributed by atoms with Crippen LogP contribution in [-0.2, 0) is 9.53 Å². The fraction of sp³-hybridized carbons (Fsp3) is 0.429. The topological polar surface area (TPSA) is 42.4 Å². The summed E-state index contributed by atoms with van der Waals surface area (Å²) in [7, 11) is 0. The summed E-state index contributed by atoms with van der Waals surface area (Å²) in [5, 5.41) is 0. The van der Waals surface area contributed by atoms with Crippen molar-refractivity contribution in [2.75, 3.05) is 13.2 Å². The van der Waals surface area contributed by atoms with Crippen LogP contribution in [0.15, 0.2) is 48.8 Å². The fourth-order valence-corrected chi connectivity index (χ4v) is 3.54. The Morgan fingerprint density at radius 2 is 2.12 bits per heavy atom. The summed E-state index contributed by atoms with van der Waals surface area (Å²) in [5.41, 5.74) is 1.80. The molecule has 5 heteroatoms. The van der Waals surface area contributed by atoms with Crippen molar-refractivity contribution in [3.8, 4) is 0 Å². The number of aromatic nitrogens is 1. The molecule has 0 saturated carbocycles. The average molecular weight is 356 g/mol. The minimum atomic E-state index is -0.286. The Hall–Kier alpha value is -2.27. The third kappa shape index (κ3) is 4.47. The lowest BCUT2D eigenvalue weighted by molar-refractivity contribution is -0.133. The maximum Gasteiger partial charge on any atom is 0.223 e. The minimum Gasteiger partial charge on any atom is -0.378 e. The van der Waals surface area contributed by atoms with E-state index < -0.39 is 0 Å². The van der Waals surface area contributed by atoms with E-state index in [9.17, 15) is 9.18 Å². The van der Waals surface area contributed by atoms with E-state index in [0.717, 1.165) is 37.0 Å². The molecular weight excluding hydrogens is 331 g/mol. The molecule has 1 fully saturated rings. The Kier molecular flexibility index (Phi) is 6.34. The van der Waals surface area contributed by atoms with Gasteiger partial charge in [-0.2, -0.15) is 0 Å². The molecule has 2 heterocycles. The van der Waals surface area contributed by atoms with E-state index in [0.29, 0.717) is 13.0 Å². The van der Waals surface area contributed by atoms with Crippen molar-refractivity contribution in [3.63, 3.8) is 0 Å². The second-order valence-electron chi connectivity index (χ2n) is 6.59. The molecule has 26 heavy (non-hydrogen) atoms. The standard InChI is InChI=1S/C21H25FN2O2/c1-2-24(20(25)12-11-19-6-4-14-26-19)21(17-5-3-13-23-15-17)16-7-9-18(22)10-8-16/h3,5,7-10,13,15,19,21H,2,4,6,11-12,14H2,1H3/t19-,21?/m0/s1. The molecule has 0 N–H and O–H groups in total. The second-order valence-corrected chi connectivity index (χ2v) is 6.59. The highest BCUT2D eigenvalue weighted by Crippen LogP contribution is 2.29. The lowest BCUT2D eigenvalue weighted by Gasteiger charge is -2.32. The number of hydrogen-bond acceptors (Lipinski definition) is 3. The van der Waals surface area contributed by atoms with Gasteiger partial charge in [0.1, 0.15) is 5.82 Å². The molecule has 1 saturated heterocycles. The first-order valence-electron chi connectivity index (χ1n) is 9.25. The molecule has 0 spiro atoms. The first-order chi connectivity index (χ1) is 12.7. The maximum absolute atomic E-state index is 13.4. The molecule has 1 unspecified atom stereocenters. The smallest absolute Gasteiger partial charge is 0.223 e. The van der Waals surface area contributed by atoms with Crippen LogP contribution < -0.4 is 0 Å². The van der Waals surface area contributed by atoms with Gasteiger partial charge in [0.05, 0.1) is 12.1 Å². The molecule has 1 aliphatic heterocycles. The van der Waals surface area contributed by atoms with Gasteiger partial charge in [-0.25, -0.2) is 4.39 Å². The van der Waals surface area contributed by atoms with Crippen molar-refractivity contribution in [2.45, 2.75) is 44.8 Å². The van der Waals surface area contributed by atoms with Crippen LogP contribution in [-0.4, -0.2) is 35.0 Å². The first-order valence-corrected chi connectivity index (χ1v) is 9.25. The molecule has 138 valence electrons. The third-order valence-electron chi connectivity index (χ3n) is 4.86. The van der Waals surface area contributed by atoms with E-state index in [1.807, 2.05) is 24.0 Å². The van der Waals surface area contributed by atoms with Crippen molar-refractivity contribution < 1.29 is 13.9 Å². The fourth-order valence-electron chi connectivity index (χ4n) is 3.54. The van der Waals surface area contributed by atoms with Gasteiger partial charge >= 0.3 is 0 Å². The molecular formula is C21H25FN2O2. The van der Waals surface area contributed by atoms with Crippen LogP contribution in [0.5, 0.6) is 0 Å². The van der Waals surface area contributed by atoms with Gasteiger partial charge in [-0.1, -0.05) is 18.2 Å². The Labute approximate surface area is 154 Å². The zero-order chi connectivity index (χ0) is 18.4. The van der Waals surface area contributed by atoms with Gasteiger partial charge in [0, 0.05) is 32.0 Å². The van der Waals surface area contributed by atoms with Gasteiger partial charge in [-0.15, -0.1) is 0 Å². The molecule has 0 radical (unpaired) electrons. The molecule has 0 bridgehead atoms. The summed E-state index contributed by atoms with van der Waals surface area (Å²) in [5.74, 6) is -0.201. The average Bonchev–Trinajstić information content (AvgIpc) is 3.19. The monoisotopic (exact) mass is 356 g/mol. The molecule has 4 nitrogen and oxygen atoms in total. The Balaban J connectivity index is 1.83. The summed E-state index contributed by atoms with van der Waals surface area (Å²) >= 11 is 0.